The third-order valence-corrected chi connectivity index (χ3v) is 2.69. The van der Waals surface area contributed by atoms with Crippen molar-refractivity contribution in [3.8, 4) is 0 Å². The van der Waals surface area contributed by atoms with E-state index in [-0.39, 0.29) is 0 Å². The fraction of sp³-hybridized carbons (Fsp3) is 0.636. The quantitative estimate of drug-likeness (QED) is 0.717. The maximum atomic E-state index is 4.26. The van der Waals surface area contributed by atoms with E-state index in [2.05, 4.69) is 41.1 Å². The van der Waals surface area contributed by atoms with Crippen molar-refractivity contribution in [1.29, 1.82) is 0 Å². The van der Waals surface area contributed by atoms with Crippen LogP contribution in [0.4, 0.5) is 5.82 Å². The fourth-order valence-electron chi connectivity index (χ4n) is 1.76. The Morgan fingerprint density at radius 1 is 1.14 bits per heavy atom. The zero-order valence-corrected chi connectivity index (χ0v) is 8.90. The monoisotopic (exact) mass is 191 g/mol. The van der Waals surface area contributed by atoms with Crippen molar-refractivity contribution >= 4 is 5.82 Å². The molecule has 0 amide bonds. The molecule has 0 aromatic carbocycles. The van der Waals surface area contributed by atoms with Crippen LogP contribution in [-0.4, -0.2) is 23.3 Å². The molecule has 14 heavy (non-hydrogen) atoms. The van der Waals surface area contributed by atoms with Crippen molar-refractivity contribution < 1.29 is 0 Å². The van der Waals surface area contributed by atoms with E-state index in [1.807, 2.05) is 0 Å². The summed E-state index contributed by atoms with van der Waals surface area (Å²) in [6, 6.07) is 4.18. The molecular formula is C11H17N3. The number of anilines is 1. The molecule has 1 aliphatic rings. The van der Waals surface area contributed by atoms with E-state index in [4.69, 9.17) is 0 Å². The molecule has 2 rings (SSSR count). The van der Waals surface area contributed by atoms with Crippen LogP contribution in [0.25, 0.3) is 0 Å². The Balaban J connectivity index is 2.12. The van der Waals surface area contributed by atoms with Crippen LogP contribution in [0.1, 0.15) is 38.3 Å². The third kappa shape index (κ3) is 1.86. The van der Waals surface area contributed by atoms with Crippen LogP contribution in [0.5, 0.6) is 0 Å². The van der Waals surface area contributed by atoms with E-state index in [0.29, 0.717) is 5.92 Å². The van der Waals surface area contributed by atoms with Gasteiger partial charge in [-0.05, 0) is 30.9 Å². The van der Waals surface area contributed by atoms with Crippen molar-refractivity contribution in [2.24, 2.45) is 0 Å². The summed E-state index contributed by atoms with van der Waals surface area (Å²) in [5.41, 5.74) is 1.08. The second kappa shape index (κ2) is 3.95. The average Bonchev–Trinajstić information content (AvgIpc) is 2.71. The summed E-state index contributed by atoms with van der Waals surface area (Å²) in [7, 11) is 0. The van der Waals surface area contributed by atoms with E-state index >= 15 is 0 Å². The molecule has 0 aliphatic carbocycles. The largest absolute Gasteiger partial charge is 0.355 e. The second-order valence-corrected chi connectivity index (χ2v) is 4.17. The van der Waals surface area contributed by atoms with Crippen LogP contribution in [0.15, 0.2) is 12.1 Å². The van der Waals surface area contributed by atoms with Gasteiger partial charge in [0.2, 0.25) is 0 Å². The predicted octanol–water partition coefficient (Wildman–Crippen LogP) is 2.20. The Bertz CT molecular complexity index is 286. The molecule has 1 aromatic rings. The van der Waals surface area contributed by atoms with Crippen LogP contribution in [-0.2, 0) is 0 Å². The summed E-state index contributed by atoms with van der Waals surface area (Å²) in [4.78, 5) is 2.30. The van der Waals surface area contributed by atoms with Gasteiger partial charge in [-0.25, -0.2) is 0 Å². The summed E-state index contributed by atoms with van der Waals surface area (Å²) in [6.07, 6.45) is 2.57. The molecule has 0 unspecified atom stereocenters. The molecule has 76 valence electrons. The zero-order chi connectivity index (χ0) is 9.97. The minimum atomic E-state index is 0.468. The van der Waals surface area contributed by atoms with E-state index < -0.39 is 0 Å². The van der Waals surface area contributed by atoms with Crippen LogP contribution >= 0.6 is 0 Å². The van der Waals surface area contributed by atoms with Crippen LogP contribution in [0, 0.1) is 0 Å². The van der Waals surface area contributed by atoms with Gasteiger partial charge >= 0.3 is 0 Å². The number of aromatic nitrogens is 2. The maximum absolute atomic E-state index is 4.26. The molecule has 0 spiro atoms. The summed E-state index contributed by atoms with van der Waals surface area (Å²) >= 11 is 0. The van der Waals surface area contributed by atoms with Crippen LogP contribution in [0.2, 0.25) is 0 Å². The molecule has 0 N–H and O–H groups in total. The van der Waals surface area contributed by atoms with Gasteiger partial charge in [-0.3, -0.25) is 0 Å². The first-order valence-electron chi connectivity index (χ1n) is 5.36. The molecular weight excluding hydrogens is 174 g/mol. The van der Waals surface area contributed by atoms with Crippen LogP contribution in [0.3, 0.4) is 0 Å². The first-order valence-corrected chi connectivity index (χ1v) is 5.36. The van der Waals surface area contributed by atoms with Gasteiger partial charge in [0.05, 0.1) is 5.69 Å². The molecule has 0 saturated carbocycles. The first kappa shape index (κ1) is 9.44. The van der Waals surface area contributed by atoms with Gasteiger partial charge in [-0.1, -0.05) is 13.8 Å². The number of nitrogens with zero attached hydrogens (tertiary/aromatic N) is 3. The summed E-state index contributed by atoms with van der Waals surface area (Å²) in [5.74, 6) is 1.50. The zero-order valence-electron chi connectivity index (χ0n) is 8.90. The standard InChI is InChI=1S/C11H17N3/c1-9(2)10-5-6-11(13-12-10)14-7-3-4-8-14/h5-6,9H,3-4,7-8H2,1-2H3. The van der Waals surface area contributed by atoms with Crippen LogP contribution < -0.4 is 4.90 Å². The normalized spacial score (nSPS) is 16.6. The Hall–Kier alpha value is -1.12. The Morgan fingerprint density at radius 2 is 1.86 bits per heavy atom. The highest BCUT2D eigenvalue weighted by molar-refractivity contribution is 5.38. The molecule has 1 aromatic heterocycles. The van der Waals surface area contributed by atoms with Gasteiger partial charge < -0.3 is 4.90 Å². The summed E-state index contributed by atoms with van der Waals surface area (Å²) < 4.78 is 0. The summed E-state index contributed by atoms with van der Waals surface area (Å²) in [6.45, 7) is 6.55. The number of rotatable bonds is 2. The van der Waals surface area contributed by atoms with E-state index in [1.54, 1.807) is 0 Å². The molecule has 1 saturated heterocycles. The highest BCUT2D eigenvalue weighted by Gasteiger charge is 2.13. The Kier molecular flexibility index (Phi) is 2.66. The molecule has 1 fully saturated rings. The molecule has 1 aliphatic heterocycles. The summed E-state index contributed by atoms with van der Waals surface area (Å²) in [5, 5.41) is 8.49. The van der Waals surface area contributed by atoms with Gasteiger partial charge in [0, 0.05) is 13.1 Å². The lowest BCUT2D eigenvalue weighted by atomic mass is 10.1. The van der Waals surface area contributed by atoms with E-state index in [9.17, 15) is 0 Å². The van der Waals surface area contributed by atoms with Gasteiger partial charge in [0.1, 0.15) is 0 Å². The SMILES string of the molecule is CC(C)c1ccc(N2CCCC2)nn1. The Labute approximate surface area is 85.1 Å². The van der Waals surface area contributed by atoms with Crippen molar-refractivity contribution in [1.82, 2.24) is 10.2 Å². The molecule has 3 nitrogen and oxygen atoms in total. The topological polar surface area (TPSA) is 29.0 Å². The molecule has 0 bridgehead atoms. The van der Waals surface area contributed by atoms with Crippen molar-refractivity contribution in [2.75, 3.05) is 18.0 Å². The minimum Gasteiger partial charge on any atom is -0.355 e. The molecule has 3 heteroatoms. The lowest BCUT2D eigenvalue weighted by molar-refractivity contribution is 0.775. The van der Waals surface area contributed by atoms with Crippen molar-refractivity contribution in [3.63, 3.8) is 0 Å². The van der Waals surface area contributed by atoms with E-state index in [0.717, 1.165) is 24.6 Å². The maximum Gasteiger partial charge on any atom is 0.151 e. The van der Waals surface area contributed by atoms with E-state index in [1.165, 1.54) is 12.8 Å². The van der Waals surface area contributed by atoms with Gasteiger partial charge in [0.15, 0.2) is 5.82 Å². The van der Waals surface area contributed by atoms with Crippen molar-refractivity contribution in [3.05, 3.63) is 17.8 Å². The molecule has 0 radical (unpaired) electrons. The molecule has 0 atom stereocenters. The minimum absolute atomic E-state index is 0.468. The molecule has 2 heterocycles. The lowest BCUT2D eigenvalue weighted by Gasteiger charge is -2.15. The Morgan fingerprint density at radius 3 is 2.36 bits per heavy atom. The van der Waals surface area contributed by atoms with Gasteiger partial charge in [-0.15, -0.1) is 5.10 Å². The average molecular weight is 191 g/mol. The predicted molar refractivity (Wildman–Crippen MR) is 57.6 cm³/mol. The fourth-order valence-corrected chi connectivity index (χ4v) is 1.76. The second-order valence-electron chi connectivity index (χ2n) is 4.17. The van der Waals surface area contributed by atoms with Gasteiger partial charge in [0.25, 0.3) is 0 Å². The highest BCUT2D eigenvalue weighted by atomic mass is 15.3. The smallest absolute Gasteiger partial charge is 0.151 e. The first-order chi connectivity index (χ1) is 6.77. The number of hydrogen-bond acceptors (Lipinski definition) is 3. The number of hydrogen-bond donors (Lipinski definition) is 0. The highest BCUT2D eigenvalue weighted by Crippen LogP contribution is 2.18. The lowest BCUT2D eigenvalue weighted by Crippen LogP contribution is -2.19. The van der Waals surface area contributed by atoms with Gasteiger partial charge in [-0.2, -0.15) is 5.10 Å². The van der Waals surface area contributed by atoms with Crippen molar-refractivity contribution in [2.45, 2.75) is 32.6 Å². The third-order valence-electron chi connectivity index (χ3n) is 2.69.